The van der Waals surface area contributed by atoms with Gasteiger partial charge in [0.25, 0.3) is 0 Å². The van der Waals surface area contributed by atoms with E-state index >= 15 is 0 Å². The van der Waals surface area contributed by atoms with E-state index in [1.807, 2.05) is 0 Å². The van der Waals surface area contributed by atoms with Gasteiger partial charge in [-0.05, 0) is 43.5 Å². The summed E-state index contributed by atoms with van der Waals surface area (Å²) >= 11 is 0. The highest BCUT2D eigenvalue weighted by atomic mass is 19.1. The Hall–Kier alpha value is -2.09. The highest BCUT2D eigenvalue weighted by Crippen LogP contribution is 2.41. The van der Waals surface area contributed by atoms with E-state index in [-0.39, 0.29) is 5.82 Å². The molecule has 2 aromatic rings. The second-order valence-corrected chi connectivity index (χ2v) is 6.20. The molecule has 1 saturated carbocycles. The average Bonchev–Trinajstić information content (AvgIpc) is 2.84. The number of piperidine rings is 1. The minimum Gasteiger partial charge on any atom is -0.371 e. The van der Waals surface area contributed by atoms with E-state index in [2.05, 4.69) is 25.9 Å². The zero-order valence-electron chi connectivity index (χ0n) is 13.4. The molecule has 0 spiro atoms. The highest BCUT2D eigenvalue weighted by Gasteiger charge is 2.52. The minimum atomic E-state index is -0.256. The van der Waals surface area contributed by atoms with Gasteiger partial charge in [0.15, 0.2) is 5.82 Å². The molecule has 0 radical (unpaired) electrons. The maximum Gasteiger partial charge on any atom is 0.152 e. The zero-order chi connectivity index (χ0) is 16.5. The number of rotatable bonds is 2. The normalized spacial score (nSPS) is 29.2. The lowest BCUT2D eigenvalue weighted by Crippen LogP contribution is -2.61. The fourth-order valence-electron chi connectivity index (χ4n) is 3.52. The number of nitrogens with one attached hydrogen (secondary N) is 2. The largest absolute Gasteiger partial charge is 0.371 e. The van der Waals surface area contributed by atoms with Crippen LogP contribution >= 0.6 is 0 Å². The molecule has 7 heteroatoms. The van der Waals surface area contributed by atoms with Crippen LogP contribution in [0.25, 0.3) is 11.3 Å². The van der Waals surface area contributed by atoms with Crippen LogP contribution in [0.3, 0.4) is 0 Å². The number of nitrogens with zero attached hydrogens (tertiary/aromatic N) is 3. The van der Waals surface area contributed by atoms with E-state index in [1.165, 1.54) is 31.4 Å². The van der Waals surface area contributed by atoms with Crippen LogP contribution < -0.4 is 10.9 Å². The van der Waals surface area contributed by atoms with Crippen molar-refractivity contribution in [3.05, 3.63) is 42.5 Å². The molecule has 3 aliphatic heterocycles. The number of benzene rings is 1. The van der Waals surface area contributed by atoms with E-state index in [1.54, 1.807) is 31.6 Å². The number of fused-ring (bicyclic) bond motifs is 1. The van der Waals surface area contributed by atoms with Crippen LogP contribution in [0.2, 0.25) is 0 Å². The van der Waals surface area contributed by atoms with Gasteiger partial charge in [0.1, 0.15) is 11.5 Å². The minimum absolute atomic E-state index is 0.256. The van der Waals surface area contributed by atoms with Crippen molar-refractivity contribution in [3.8, 4) is 11.3 Å². The molecule has 1 aromatic heterocycles. The quantitative estimate of drug-likeness (QED) is 0.882. The maximum atomic E-state index is 12.7. The molecule has 4 aliphatic rings. The van der Waals surface area contributed by atoms with Crippen molar-refractivity contribution in [1.82, 2.24) is 20.6 Å². The highest BCUT2D eigenvalue weighted by molar-refractivity contribution is 5.70. The Balaban J connectivity index is 0.000000136. The maximum absolute atomic E-state index is 12.7. The second kappa shape index (κ2) is 6.43. The van der Waals surface area contributed by atoms with Gasteiger partial charge in [-0.1, -0.05) is 0 Å². The lowest BCUT2D eigenvalue weighted by molar-refractivity contribution is -0.0500. The molecule has 0 amide bonds. The molecule has 1 aromatic carbocycles. The van der Waals surface area contributed by atoms with Crippen molar-refractivity contribution in [1.29, 1.82) is 0 Å². The summed E-state index contributed by atoms with van der Waals surface area (Å²) in [5.74, 6) is 0.428. The van der Waals surface area contributed by atoms with Gasteiger partial charge >= 0.3 is 0 Å². The van der Waals surface area contributed by atoms with Crippen molar-refractivity contribution < 1.29 is 9.23 Å². The van der Waals surface area contributed by atoms with Gasteiger partial charge in [-0.15, -0.1) is 5.59 Å². The van der Waals surface area contributed by atoms with Crippen LogP contribution in [0.15, 0.2) is 36.7 Å². The lowest BCUT2D eigenvalue weighted by Gasteiger charge is -2.47. The van der Waals surface area contributed by atoms with E-state index in [0.717, 1.165) is 23.3 Å². The summed E-state index contributed by atoms with van der Waals surface area (Å²) in [6.45, 7) is 0. The Labute approximate surface area is 140 Å². The molecule has 4 unspecified atom stereocenters. The third-order valence-electron chi connectivity index (χ3n) is 4.84. The topological polar surface area (TPSA) is 62.3 Å². The van der Waals surface area contributed by atoms with E-state index in [4.69, 9.17) is 4.84 Å². The smallest absolute Gasteiger partial charge is 0.152 e. The standard InChI is InChI=1S/C11H10FN3.C6H10N2O/c1-13-11-10(14-6-7-15-11)8-2-4-9(12)5-3-8;1-2-6-5-3-4(1)8(5)7-9-6/h2-7H,1H3,(H,13,15);4-7H,1-3H2. The molecule has 6 rings (SSSR count). The van der Waals surface area contributed by atoms with Crippen molar-refractivity contribution in [2.45, 2.75) is 37.5 Å². The monoisotopic (exact) mass is 329 g/mol. The Morgan fingerprint density at radius 2 is 2.00 bits per heavy atom. The molecule has 1 aliphatic carbocycles. The molecule has 4 heterocycles. The van der Waals surface area contributed by atoms with Crippen LogP contribution in [0.5, 0.6) is 0 Å². The lowest BCUT2D eigenvalue weighted by atomic mass is 9.80. The first kappa shape index (κ1) is 15.4. The Morgan fingerprint density at radius 1 is 1.21 bits per heavy atom. The zero-order valence-corrected chi connectivity index (χ0v) is 13.4. The predicted molar refractivity (Wildman–Crippen MR) is 88.2 cm³/mol. The molecule has 4 bridgehead atoms. The third kappa shape index (κ3) is 2.75. The van der Waals surface area contributed by atoms with Gasteiger partial charge in [0, 0.05) is 31.0 Å². The first-order valence-corrected chi connectivity index (χ1v) is 8.20. The molecular weight excluding hydrogens is 309 g/mol. The fourth-order valence-corrected chi connectivity index (χ4v) is 3.52. The van der Waals surface area contributed by atoms with Crippen LogP contribution in [0.1, 0.15) is 19.3 Å². The van der Waals surface area contributed by atoms with Gasteiger partial charge in [0.05, 0.1) is 12.1 Å². The number of hydrazine groups is 1. The average molecular weight is 329 g/mol. The summed E-state index contributed by atoms with van der Waals surface area (Å²) in [5.41, 5.74) is 4.52. The summed E-state index contributed by atoms with van der Waals surface area (Å²) in [6, 6.07) is 7.70. The van der Waals surface area contributed by atoms with E-state index in [9.17, 15) is 4.39 Å². The van der Waals surface area contributed by atoms with Crippen molar-refractivity contribution in [2.75, 3.05) is 12.4 Å². The number of anilines is 1. The van der Waals surface area contributed by atoms with Crippen molar-refractivity contribution >= 4 is 5.82 Å². The number of aromatic nitrogens is 2. The molecule has 24 heavy (non-hydrogen) atoms. The number of halogens is 1. The molecule has 2 N–H and O–H groups in total. The molecule has 126 valence electrons. The molecule has 4 atom stereocenters. The number of hydrogen-bond acceptors (Lipinski definition) is 6. The SMILES string of the molecule is C1CC2CC3C1ONN23.CNc1nccnc1-c1ccc(F)cc1. The van der Waals surface area contributed by atoms with Crippen molar-refractivity contribution in [3.63, 3.8) is 0 Å². The summed E-state index contributed by atoms with van der Waals surface area (Å²) in [6.07, 6.45) is 7.68. The Morgan fingerprint density at radius 3 is 2.67 bits per heavy atom. The van der Waals surface area contributed by atoms with E-state index < -0.39 is 0 Å². The fraction of sp³-hybridized carbons (Fsp3) is 0.412. The molecule has 6 nitrogen and oxygen atoms in total. The first-order valence-electron chi connectivity index (χ1n) is 8.20. The van der Waals surface area contributed by atoms with Gasteiger partial charge in [0.2, 0.25) is 0 Å². The van der Waals surface area contributed by atoms with Crippen molar-refractivity contribution in [2.24, 2.45) is 0 Å². The van der Waals surface area contributed by atoms with E-state index in [0.29, 0.717) is 11.9 Å². The second-order valence-electron chi connectivity index (χ2n) is 6.20. The van der Waals surface area contributed by atoms with Gasteiger partial charge in [-0.2, -0.15) is 0 Å². The summed E-state index contributed by atoms with van der Waals surface area (Å²) in [5, 5.41) is 5.20. The number of hydrogen-bond donors (Lipinski definition) is 2. The summed E-state index contributed by atoms with van der Waals surface area (Å²) < 4.78 is 12.7. The Bertz CT molecular complexity index is 692. The summed E-state index contributed by atoms with van der Waals surface area (Å²) in [4.78, 5) is 13.6. The van der Waals surface area contributed by atoms with Crippen LogP contribution in [0, 0.1) is 5.82 Å². The van der Waals surface area contributed by atoms with Crippen LogP contribution in [0.4, 0.5) is 10.2 Å². The predicted octanol–water partition coefficient (Wildman–Crippen LogP) is 2.37. The van der Waals surface area contributed by atoms with Gasteiger partial charge in [-0.3, -0.25) is 9.82 Å². The van der Waals surface area contributed by atoms with Crippen LogP contribution in [-0.2, 0) is 4.84 Å². The third-order valence-corrected chi connectivity index (χ3v) is 4.84. The molecular formula is C17H20FN5O. The van der Waals surface area contributed by atoms with Gasteiger partial charge in [-0.25, -0.2) is 14.4 Å². The molecule has 4 fully saturated rings. The first-order chi connectivity index (χ1) is 11.8. The van der Waals surface area contributed by atoms with Gasteiger partial charge < -0.3 is 5.32 Å². The summed E-state index contributed by atoms with van der Waals surface area (Å²) in [7, 11) is 1.77. The van der Waals surface area contributed by atoms with Crippen LogP contribution in [-0.4, -0.2) is 40.2 Å². The molecule has 3 saturated heterocycles. The Kier molecular flexibility index (Phi) is 4.13.